The smallest absolute Gasteiger partial charge is 0.246 e. The normalized spacial score (nSPS) is 16.5. The quantitative estimate of drug-likeness (QED) is 0.749. The third kappa shape index (κ3) is 5.34. The average molecular weight is 332 g/mol. The number of carbonyl (C=O) groups is 2. The molecule has 1 aliphatic rings. The van der Waals surface area contributed by atoms with Gasteiger partial charge < -0.3 is 15.7 Å². The van der Waals surface area contributed by atoms with Gasteiger partial charge in [0.2, 0.25) is 11.8 Å². The molecule has 1 fully saturated rings. The van der Waals surface area contributed by atoms with E-state index < -0.39 is 6.04 Å². The monoisotopic (exact) mass is 332 g/mol. The van der Waals surface area contributed by atoms with E-state index in [0.717, 1.165) is 24.0 Å². The average Bonchev–Trinajstić information content (AvgIpc) is 2.57. The Morgan fingerprint density at radius 1 is 1.25 bits per heavy atom. The number of aryl methyl sites for hydroxylation is 1. The van der Waals surface area contributed by atoms with Crippen LogP contribution in [0.1, 0.15) is 56.6 Å². The molecule has 5 nitrogen and oxygen atoms in total. The summed E-state index contributed by atoms with van der Waals surface area (Å²) >= 11 is 0. The van der Waals surface area contributed by atoms with Crippen molar-refractivity contribution in [1.29, 1.82) is 0 Å². The van der Waals surface area contributed by atoms with E-state index in [1.165, 1.54) is 19.3 Å². The van der Waals surface area contributed by atoms with Crippen LogP contribution in [0.3, 0.4) is 0 Å². The number of hydrogen-bond donors (Lipinski definition) is 3. The van der Waals surface area contributed by atoms with Crippen LogP contribution in [0, 0.1) is 12.8 Å². The van der Waals surface area contributed by atoms with Crippen molar-refractivity contribution in [3.05, 3.63) is 29.3 Å². The minimum absolute atomic E-state index is 0.0506. The minimum Gasteiger partial charge on any atom is -0.392 e. The first-order valence-corrected chi connectivity index (χ1v) is 8.80. The number of benzene rings is 1. The highest BCUT2D eigenvalue weighted by atomic mass is 16.3. The standard InChI is InChI=1S/C19H28N2O3/c1-13-8-9-16(12-22)10-17(13)21-19(24)14(2)20-18(23)11-15-6-4-3-5-7-15/h8-10,14-15,22H,3-7,11-12H2,1-2H3,(H,20,23)(H,21,24). The fourth-order valence-electron chi connectivity index (χ4n) is 3.16. The fourth-order valence-corrected chi connectivity index (χ4v) is 3.16. The molecule has 2 amide bonds. The van der Waals surface area contributed by atoms with Crippen molar-refractivity contribution >= 4 is 17.5 Å². The Morgan fingerprint density at radius 2 is 1.96 bits per heavy atom. The molecule has 0 aromatic heterocycles. The second-order valence-corrected chi connectivity index (χ2v) is 6.79. The second-order valence-electron chi connectivity index (χ2n) is 6.79. The van der Waals surface area contributed by atoms with Crippen LogP contribution in [0.25, 0.3) is 0 Å². The molecular weight excluding hydrogens is 304 g/mol. The van der Waals surface area contributed by atoms with Gasteiger partial charge in [-0.05, 0) is 49.8 Å². The molecule has 0 heterocycles. The van der Waals surface area contributed by atoms with Gasteiger partial charge in [-0.2, -0.15) is 0 Å². The van der Waals surface area contributed by atoms with Gasteiger partial charge in [0.05, 0.1) is 6.61 Å². The van der Waals surface area contributed by atoms with Gasteiger partial charge in [-0.15, -0.1) is 0 Å². The van der Waals surface area contributed by atoms with Crippen molar-refractivity contribution in [1.82, 2.24) is 5.32 Å². The molecule has 3 N–H and O–H groups in total. The van der Waals surface area contributed by atoms with E-state index in [2.05, 4.69) is 10.6 Å². The highest BCUT2D eigenvalue weighted by molar-refractivity contribution is 5.97. The van der Waals surface area contributed by atoms with Crippen molar-refractivity contribution < 1.29 is 14.7 Å². The number of carbonyl (C=O) groups excluding carboxylic acids is 2. The summed E-state index contributed by atoms with van der Waals surface area (Å²) in [6.07, 6.45) is 6.41. The number of nitrogens with one attached hydrogen (secondary N) is 2. The maximum atomic E-state index is 12.3. The molecule has 0 bridgehead atoms. The summed E-state index contributed by atoms with van der Waals surface area (Å²) in [4.78, 5) is 24.4. The van der Waals surface area contributed by atoms with E-state index >= 15 is 0 Å². The summed E-state index contributed by atoms with van der Waals surface area (Å²) in [5.74, 6) is 0.160. The Labute approximate surface area is 143 Å². The summed E-state index contributed by atoms with van der Waals surface area (Å²) < 4.78 is 0. The van der Waals surface area contributed by atoms with E-state index in [0.29, 0.717) is 18.0 Å². The van der Waals surface area contributed by atoms with E-state index in [4.69, 9.17) is 0 Å². The third-order valence-electron chi connectivity index (χ3n) is 4.71. The lowest BCUT2D eigenvalue weighted by Gasteiger charge is -2.22. The molecule has 0 radical (unpaired) electrons. The predicted molar refractivity (Wildman–Crippen MR) is 94.5 cm³/mol. The number of amides is 2. The number of anilines is 1. The summed E-state index contributed by atoms with van der Waals surface area (Å²) in [6, 6.07) is 4.84. The number of rotatable bonds is 6. The highest BCUT2D eigenvalue weighted by Gasteiger charge is 2.20. The number of aliphatic hydroxyl groups excluding tert-OH is 1. The molecular formula is C19H28N2O3. The lowest BCUT2D eigenvalue weighted by atomic mass is 9.87. The zero-order valence-corrected chi connectivity index (χ0v) is 14.6. The SMILES string of the molecule is Cc1ccc(CO)cc1NC(=O)C(C)NC(=O)CC1CCCCC1. The Kier molecular flexibility index (Phi) is 6.79. The van der Waals surface area contributed by atoms with Gasteiger partial charge in [0.25, 0.3) is 0 Å². The van der Waals surface area contributed by atoms with Gasteiger partial charge in [-0.3, -0.25) is 9.59 Å². The van der Waals surface area contributed by atoms with E-state index in [-0.39, 0.29) is 18.4 Å². The van der Waals surface area contributed by atoms with Gasteiger partial charge >= 0.3 is 0 Å². The summed E-state index contributed by atoms with van der Waals surface area (Å²) in [5.41, 5.74) is 2.33. The molecule has 0 saturated heterocycles. The molecule has 1 aliphatic carbocycles. The zero-order valence-electron chi connectivity index (χ0n) is 14.6. The summed E-state index contributed by atoms with van der Waals surface area (Å²) in [5, 5.41) is 14.8. The van der Waals surface area contributed by atoms with Crippen LogP contribution in [0.15, 0.2) is 18.2 Å². The van der Waals surface area contributed by atoms with Crippen molar-refractivity contribution in [3.63, 3.8) is 0 Å². The number of hydrogen-bond acceptors (Lipinski definition) is 3. The maximum Gasteiger partial charge on any atom is 0.246 e. The molecule has 24 heavy (non-hydrogen) atoms. The van der Waals surface area contributed by atoms with Crippen molar-refractivity contribution in [2.75, 3.05) is 5.32 Å². The van der Waals surface area contributed by atoms with Gasteiger partial charge in [0.15, 0.2) is 0 Å². The highest BCUT2D eigenvalue weighted by Crippen LogP contribution is 2.26. The molecule has 5 heteroatoms. The lowest BCUT2D eigenvalue weighted by molar-refractivity contribution is -0.126. The van der Waals surface area contributed by atoms with Crippen molar-refractivity contribution in [2.24, 2.45) is 5.92 Å². The predicted octanol–water partition coefficient (Wildman–Crippen LogP) is 2.90. The first kappa shape index (κ1) is 18.5. The van der Waals surface area contributed by atoms with Gasteiger partial charge in [-0.1, -0.05) is 31.4 Å². The molecule has 1 aromatic rings. The Morgan fingerprint density at radius 3 is 2.62 bits per heavy atom. The van der Waals surface area contributed by atoms with Crippen LogP contribution in [0.4, 0.5) is 5.69 Å². The van der Waals surface area contributed by atoms with Crippen molar-refractivity contribution in [3.8, 4) is 0 Å². The Bertz CT molecular complexity index is 580. The molecule has 0 aliphatic heterocycles. The van der Waals surface area contributed by atoms with Crippen LogP contribution < -0.4 is 10.6 Å². The molecule has 2 rings (SSSR count). The minimum atomic E-state index is -0.585. The van der Waals surface area contributed by atoms with Crippen LogP contribution in [-0.2, 0) is 16.2 Å². The van der Waals surface area contributed by atoms with Crippen LogP contribution in [-0.4, -0.2) is 23.0 Å². The van der Waals surface area contributed by atoms with E-state index in [1.807, 2.05) is 19.1 Å². The van der Waals surface area contributed by atoms with Crippen LogP contribution >= 0.6 is 0 Å². The van der Waals surface area contributed by atoms with Gasteiger partial charge in [-0.25, -0.2) is 0 Å². The Hall–Kier alpha value is -1.88. The first-order chi connectivity index (χ1) is 11.5. The molecule has 1 aromatic carbocycles. The lowest BCUT2D eigenvalue weighted by Crippen LogP contribution is -2.42. The topological polar surface area (TPSA) is 78.4 Å². The largest absolute Gasteiger partial charge is 0.392 e. The summed E-state index contributed by atoms with van der Waals surface area (Å²) in [6.45, 7) is 3.51. The summed E-state index contributed by atoms with van der Waals surface area (Å²) in [7, 11) is 0. The Balaban J connectivity index is 1.86. The molecule has 132 valence electrons. The fraction of sp³-hybridized carbons (Fsp3) is 0.579. The molecule has 1 saturated carbocycles. The maximum absolute atomic E-state index is 12.3. The first-order valence-electron chi connectivity index (χ1n) is 8.80. The van der Waals surface area contributed by atoms with Crippen LogP contribution in [0.5, 0.6) is 0 Å². The van der Waals surface area contributed by atoms with Crippen LogP contribution in [0.2, 0.25) is 0 Å². The number of aliphatic hydroxyl groups is 1. The molecule has 1 unspecified atom stereocenters. The third-order valence-corrected chi connectivity index (χ3v) is 4.71. The van der Waals surface area contributed by atoms with Crippen molar-refractivity contribution in [2.45, 2.75) is 65.0 Å². The second kappa shape index (κ2) is 8.83. The molecule has 1 atom stereocenters. The van der Waals surface area contributed by atoms with E-state index in [9.17, 15) is 14.7 Å². The van der Waals surface area contributed by atoms with Gasteiger partial charge in [0, 0.05) is 12.1 Å². The zero-order chi connectivity index (χ0) is 17.5. The van der Waals surface area contributed by atoms with Gasteiger partial charge in [0.1, 0.15) is 6.04 Å². The van der Waals surface area contributed by atoms with E-state index in [1.54, 1.807) is 13.0 Å². The molecule has 0 spiro atoms.